The lowest BCUT2D eigenvalue weighted by molar-refractivity contribution is 0.375. The Labute approximate surface area is 126 Å². The molecule has 2 aliphatic rings. The van der Waals surface area contributed by atoms with Crippen molar-refractivity contribution in [3.05, 3.63) is 35.4 Å². The van der Waals surface area contributed by atoms with Gasteiger partial charge in [0.1, 0.15) is 0 Å². The van der Waals surface area contributed by atoms with Gasteiger partial charge in [0, 0.05) is 17.7 Å². The second-order valence-corrected chi connectivity index (χ2v) is 8.42. The second-order valence-electron chi connectivity index (χ2n) is 7.13. The topological polar surface area (TPSA) is 24.4 Å². The smallest absolute Gasteiger partial charge is 0.156 e. The summed E-state index contributed by atoms with van der Waals surface area (Å²) in [5.74, 6) is 0.677. The quantitative estimate of drug-likeness (QED) is 0.914. The van der Waals surface area contributed by atoms with E-state index in [9.17, 15) is 0 Å². The highest BCUT2D eigenvalue weighted by Gasteiger charge is 2.28. The Balaban J connectivity index is 1.45. The summed E-state index contributed by atoms with van der Waals surface area (Å²) < 4.78 is 0. The van der Waals surface area contributed by atoms with Gasteiger partial charge in [0.25, 0.3) is 0 Å². The van der Waals surface area contributed by atoms with Crippen molar-refractivity contribution in [3.8, 4) is 0 Å². The van der Waals surface area contributed by atoms with Crippen LogP contribution in [0.4, 0.5) is 0 Å². The molecular weight excluding hydrogens is 264 g/mol. The number of aliphatic imine (C=N–C) groups is 1. The fraction of sp³-hybridized carbons (Fsp3) is 0.588. The van der Waals surface area contributed by atoms with E-state index in [0.717, 1.165) is 18.3 Å². The van der Waals surface area contributed by atoms with E-state index in [2.05, 4.69) is 55.3 Å². The highest BCUT2D eigenvalue weighted by atomic mass is 32.2. The minimum absolute atomic E-state index is 0.398. The molecule has 0 saturated heterocycles. The standard InChI is InChI=1S/C17H24N2S/c1-17(2,3)9-14-11-19-16(20-14)18-10-13-8-12-6-4-5-7-15(12)13/h4-7,13-14H,8-11H2,1-3H3,(H,18,19). The van der Waals surface area contributed by atoms with Crippen molar-refractivity contribution in [1.82, 2.24) is 5.32 Å². The lowest BCUT2D eigenvalue weighted by Gasteiger charge is -2.30. The van der Waals surface area contributed by atoms with Crippen molar-refractivity contribution in [1.29, 1.82) is 0 Å². The van der Waals surface area contributed by atoms with Crippen LogP contribution in [0, 0.1) is 5.41 Å². The Bertz CT molecular complexity index is 516. The summed E-state index contributed by atoms with van der Waals surface area (Å²) in [7, 11) is 0. The first-order valence-electron chi connectivity index (χ1n) is 7.54. The molecule has 1 heterocycles. The largest absolute Gasteiger partial charge is 0.364 e. The fourth-order valence-corrected chi connectivity index (χ4v) is 4.42. The van der Waals surface area contributed by atoms with Gasteiger partial charge >= 0.3 is 0 Å². The molecule has 0 amide bonds. The molecule has 3 heteroatoms. The van der Waals surface area contributed by atoms with E-state index in [4.69, 9.17) is 0 Å². The van der Waals surface area contributed by atoms with Crippen molar-refractivity contribution in [2.45, 2.75) is 44.8 Å². The van der Waals surface area contributed by atoms with Crippen molar-refractivity contribution >= 4 is 16.9 Å². The van der Waals surface area contributed by atoms with Crippen molar-refractivity contribution in [2.24, 2.45) is 10.4 Å². The molecule has 2 nitrogen and oxygen atoms in total. The first-order valence-corrected chi connectivity index (χ1v) is 8.42. The molecule has 0 spiro atoms. The van der Waals surface area contributed by atoms with Gasteiger partial charge in [-0.3, -0.25) is 4.99 Å². The number of nitrogens with one attached hydrogen (secondary N) is 1. The van der Waals surface area contributed by atoms with Crippen LogP contribution in [0.25, 0.3) is 0 Å². The van der Waals surface area contributed by atoms with E-state index in [1.807, 2.05) is 11.8 Å². The number of benzene rings is 1. The summed E-state index contributed by atoms with van der Waals surface area (Å²) in [6.45, 7) is 8.94. The molecule has 0 aromatic heterocycles. The number of amidine groups is 1. The summed E-state index contributed by atoms with van der Waals surface area (Å²) in [6.07, 6.45) is 2.45. The second kappa shape index (κ2) is 5.44. The fourth-order valence-electron chi connectivity index (χ4n) is 3.06. The average Bonchev–Trinajstić information content (AvgIpc) is 2.75. The molecule has 1 aromatic carbocycles. The molecule has 0 radical (unpaired) electrons. The molecule has 20 heavy (non-hydrogen) atoms. The van der Waals surface area contributed by atoms with Crippen LogP contribution in [0.2, 0.25) is 0 Å². The Kier molecular flexibility index (Phi) is 3.80. The van der Waals surface area contributed by atoms with Gasteiger partial charge in [0.2, 0.25) is 0 Å². The van der Waals surface area contributed by atoms with Crippen LogP contribution >= 0.6 is 11.8 Å². The van der Waals surface area contributed by atoms with Gasteiger partial charge in [0.15, 0.2) is 5.17 Å². The zero-order chi connectivity index (χ0) is 14.2. The molecule has 0 bridgehead atoms. The summed E-state index contributed by atoms with van der Waals surface area (Å²) in [6, 6.07) is 8.78. The van der Waals surface area contributed by atoms with Gasteiger partial charge in [-0.25, -0.2) is 0 Å². The van der Waals surface area contributed by atoms with E-state index in [1.165, 1.54) is 24.0 Å². The van der Waals surface area contributed by atoms with E-state index < -0.39 is 0 Å². The Hall–Kier alpha value is -0.960. The Morgan fingerprint density at radius 1 is 1.30 bits per heavy atom. The monoisotopic (exact) mass is 288 g/mol. The summed E-state index contributed by atoms with van der Waals surface area (Å²) in [5, 5.41) is 5.37. The third-order valence-electron chi connectivity index (χ3n) is 4.02. The van der Waals surface area contributed by atoms with Crippen molar-refractivity contribution in [3.63, 3.8) is 0 Å². The molecule has 0 saturated carbocycles. The summed E-state index contributed by atoms with van der Waals surface area (Å²) in [5.41, 5.74) is 3.44. The van der Waals surface area contributed by atoms with Crippen LogP contribution < -0.4 is 5.32 Å². The van der Waals surface area contributed by atoms with E-state index in [0.29, 0.717) is 16.6 Å². The molecule has 1 N–H and O–H groups in total. The molecule has 108 valence electrons. The zero-order valence-electron chi connectivity index (χ0n) is 12.6. The number of nitrogens with zero attached hydrogens (tertiary/aromatic N) is 1. The average molecular weight is 288 g/mol. The van der Waals surface area contributed by atoms with Gasteiger partial charge in [-0.2, -0.15) is 0 Å². The van der Waals surface area contributed by atoms with E-state index in [1.54, 1.807) is 0 Å². The first-order chi connectivity index (χ1) is 9.51. The maximum Gasteiger partial charge on any atom is 0.156 e. The summed E-state index contributed by atoms with van der Waals surface area (Å²) in [4.78, 5) is 4.66. The SMILES string of the molecule is CC(C)(C)CC1CN=C(NCC2Cc3ccccc32)S1. The lowest BCUT2D eigenvalue weighted by atomic mass is 9.78. The molecule has 1 aromatic rings. The maximum atomic E-state index is 4.66. The molecule has 3 rings (SSSR count). The van der Waals surface area contributed by atoms with Gasteiger partial charge in [0.05, 0.1) is 6.54 Å². The van der Waals surface area contributed by atoms with Crippen LogP contribution in [0.15, 0.2) is 29.3 Å². The van der Waals surface area contributed by atoms with Crippen LogP contribution in [0.1, 0.15) is 44.2 Å². The van der Waals surface area contributed by atoms with Gasteiger partial charge in [-0.05, 0) is 29.4 Å². The number of hydrogen-bond acceptors (Lipinski definition) is 3. The van der Waals surface area contributed by atoms with Crippen LogP contribution in [-0.2, 0) is 6.42 Å². The number of fused-ring (bicyclic) bond motifs is 1. The van der Waals surface area contributed by atoms with Gasteiger partial charge in [-0.15, -0.1) is 0 Å². The minimum atomic E-state index is 0.398. The minimum Gasteiger partial charge on any atom is -0.364 e. The predicted molar refractivity (Wildman–Crippen MR) is 88.6 cm³/mol. The van der Waals surface area contributed by atoms with Crippen LogP contribution in [0.3, 0.4) is 0 Å². The van der Waals surface area contributed by atoms with E-state index >= 15 is 0 Å². The molecule has 1 aliphatic heterocycles. The normalized spacial score (nSPS) is 24.9. The van der Waals surface area contributed by atoms with E-state index in [-0.39, 0.29) is 0 Å². The maximum absolute atomic E-state index is 4.66. The zero-order valence-corrected chi connectivity index (χ0v) is 13.5. The van der Waals surface area contributed by atoms with Gasteiger partial charge in [-0.1, -0.05) is 56.8 Å². The van der Waals surface area contributed by atoms with Gasteiger partial charge < -0.3 is 5.32 Å². The Morgan fingerprint density at radius 3 is 2.85 bits per heavy atom. The first kappa shape index (κ1) is 14.0. The molecule has 1 aliphatic carbocycles. The number of hydrogen-bond donors (Lipinski definition) is 1. The van der Waals surface area contributed by atoms with Crippen molar-refractivity contribution in [2.75, 3.05) is 13.1 Å². The molecular formula is C17H24N2S. The van der Waals surface area contributed by atoms with Crippen LogP contribution in [-0.4, -0.2) is 23.5 Å². The molecule has 2 atom stereocenters. The molecule has 0 fully saturated rings. The third-order valence-corrected chi connectivity index (χ3v) is 5.16. The third kappa shape index (κ3) is 3.20. The predicted octanol–water partition coefficient (Wildman–Crippen LogP) is 3.82. The lowest BCUT2D eigenvalue weighted by Crippen LogP contribution is -2.31. The van der Waals surface area contributed by atoms with Crippen molar-refractivity contribution < 1.29 is 0 Å². The number of rotatable bonds is 3. The highest BCUT2D eigenvalue weighted by molar-refractivity contribution is 8.14. The van der Waals surface area contributed by atoms with Crippen LogP contribution in [0.5, 0.6) is 0 Å². The summed E-state index contributed by atoms with van der Waals surface area (Å²) >= 11 is 1.93. The number of thioether (sulfide) groups is 1. The highest BCUT2D eigenvalue weighted by Crippen LogP contribution is 2.35. The Morgan fingerprint density at radius 2 is 2.10 bits per heavy atom. The molecule has 2 unspecified atom stereocenters.